The van der Waals surface area contributed by atoms with Crippen LogP contribution in [0.25, 0.3) is 0 Å². The third kappa shape index (κ3) is 2.69. The molecule has 2 rings (SSSR count). The first-order valence-electron chi connectivity index (χ1n) is 5.94. The van der Waals surface area contributed by atoms with Crippen LogP contribution < -0.4 is 5.32 Å². The fourth-order valence-electron chi connectivity index (χ4n) is 2.62. The number of β-amino-alcohol motifs (C(OH)–C–C–N with tert-alkyl or cyclic N) is 1. The van der Waals surface area contributed by atoms with Crippen LogP contribution in [0.2, 0.25) is 0 Å². The first-order valence-corrected chi connectivity index (χ1v) is 5.94. The van der Waals surface area contributed by atoms with Gasteiger partial charge >= 0.3 is 0 Å². The second-order valence-electron chi connectivity index (χ2n) is 4.84. The van der Waals surface area contributed by atoms with Gasteiger partial charge in [0.25, 0.3) is 0 Å². The number of nitrogens with one attached hydrogen (secondary N) is 1. The third-order valence-corrected chi connectivity index (χ3v) is 3.42. The molecule has 14 heavy (non-hydrogen) atoms. The number of aliphatic hydroxyl groups is 1. The smallest absolute Gasteiger partial charge is 0.0898 e. The highest BCUT2D eigenvalue weighted by Crippen LogP contribution is 2.19. The summed E-state index contributed by atoms with van der Waals surface area (Å²) in [4.78, 5) is 2.43. The highest BCUT2D eigenvalue weighted by atomic mass is 16.3. The third-order valence-electron chi connectivity index (χ3n) is 3.42. The summed E-state index contributed by atoms with van der Waals surface area (Å²) in [6.45, 7) is 5.09. The van der Waals surface area contributed by atoms with Gasteiger partial charge in [0.05, 0.1) is 5.60 Å². The van der Waals surface area contributed by atoms with Crippen LogP contribution in [-0.2, 0) is 0 Å². The second kappa shape index (κ2) is 4.60. The Kier molecular flexibility index (Phi) is 3.42. The van der Waals surface area contributed by atoms with Gasteiger partial charge in [0.15, 0.2) is 0 Å². The van der Waals surface area contributed by atoms with Gasteiger partial charge in [-0.15, -0.1) is 0 Å². The van der Waals surface area contributed by atoms with E-state index in [1.54, 1.807) is 0 Å². The molecule has 3 nitrogen and oxygen atoms in total. The Morgan fingerprint density at radius 1 is 1.14 bits per heavy atom. The standard InChI is InChI=1S/C11H22N2O/c14-11(5-4-6-12-9-11)10-13-7-2-1-3-8-13/h12,14H,1-10H2. The monoisotopic (exact) mass is 198 g/mol. The van der Waals surface area contributed by atoms with Gasteiger partial charge in [-0.2, -0.15) is 0 Å². The molecule has 0 aromatic rings. The molecular weight excluding hydrogens is 176 g/mol. The lowest BCUT2D eigenvalue weighted by molar-refractivity contribution is -0.0191. The van der Waals surface area contributed by atoms with Gasteiger partial charge in [0, 0.05) is 13.1 Å². The van der Waals surface area contributed by atoms with Crippen molar-refractivity contribution in [2.45, 2.75) is 37.7 Å². The Labute approximate surface area is 86.5 Å². The molecule has 2 N–H and O–H groups in total. The normalized spacial score (nSPS) is 35.8. The van der Waals surface area contributed by atoms with Crippen LogP contribution >= 0.6 is 0 Å². The number of piperidine rings is 2. The van der Waals surface area contributed by atoms with Crippen LogP contribution in [-0.4, -0.2) is 48.3 Å². The summed E-state index contributed by atoms with van der Waals surface area (Å²) in [5, 5.41) is 13.6. The molecule has 1 unspecified atom stereocenters. The maximum atomic E-state index is 10.3. The van der Waals surface area contributed by atoms with E-state index >= 15 is 0 Å². The van der Waals surface area contributed by atoms with Gasteiger partial charge in [0.1, 0.15) is 0 Å². The predicted octanol–water partition coefficient (Wildman–Crippen LogP) is 0.587. The number of rotatable bonds is 2. The van der Waals surface area contributed by atoms with Gasteiger partial charge in [-0.05, 0) is 45.3 Å². The van der Waals surface area contributed by atoms with Gasteiger partial charge in [0.2, 0.25) is 0 Å². The van der Waals surface area contributed by atoms with Crippen molar-refractivity contribution in [3.05, 3.63) is 0 Å². The molecule has 3 heteroatoms. The molecule has 82 valence electrons. The number of nitrogens with zero attached hydrogens (tertiary/aromatic N) is 1. The van der Waals surface area contributed by atoms with Crippen LogP contribution in [0.4, 0.5) is 0 Å². The lowest BCUT2D eigenvalue weighted by Crippen LogP contribution is -2.53. The molecule has 2 heterocycles. The molecule has 0 aliphatic carbocycles. The molecule has 0 saturated carbocycles. The molecule has 0 radical (unpaired) electrons. The average Bonchev–Trinajstić information content (AvgIpc) is 2.19. The van der Waals surface area contributed by atoms with Crippen LogP contribution in [0.15, 0.2) is 0 Å². The molecule has 2 aliphatic heterocycles. The van der Waals surface area contributed by atoms with Gasteiger partial charge in [-0.3, -0.25) is 0 Å². The molecule has 2 fully saturated rings. The van der Waals surface area contributed by atoms with E-state index in [1.807, 2.05) is 0 Å². The van der Waals surface area contributed by atoms with Crippen molar-refractivity contribution in [2.75, 3.05) is 32.7 Å². The maximum absolute atomic E-state index is 10.3. The molecule has 0 aromatic heterocycles. The largest absolute Gasteiger partial charge is 0.387 e. The van der Waals surface area contributed by atoms with Crippen molar-refractivity contribution >= 4 is 0 Å². The molecular formula is C11H22N2O. The average molecular weight is 198 g/mol. The molecule has 2 saturated heterocycles. The Bertz CT molecular complexity index is 172. The summed E-state index contributed by atoms with van der Waals surface area (Å²) in [6, 6.07) is 0. The SMILES string of the molecule is OC1(CN2CCCCC2)CCCNC1. The molecule has 2 aliphatic rings. The summed E-state index contributed by atoms with van der Waals surface area (Å²) in [5.74, 6) is 0. The first kappa shape index (κ1) is 10.4. The van der Waals surface area contributed by atoms with E-state index in [4.69, 9.17) is 0 Å². The van der Waals surface area contributed by atoms with Gasteiger partial charge in [-0.1, -0.05) is 6.42 Å². The van der Waals surface area contributed by atoms with E-state index in [1.165, 1.54) is 32.4 Å². The minimum Gasteiger partial charge on any atom is -0.387 e. The van der Waals surface area contributed by atoms with Crippen molar-refractivity contribution < 1.29 is 5.11 Å². The highest BCUT2D eigenvalue weighted by Gasteiger charge is 2.31. The molecule has 0 aromatic carbocycles. The Morgan fingerprint density at radius 3 is 2.57 bits per heavy atom. The molecule has 0 spiro atoms. The summed E-state index contributed by atoms with van der Waals surface area (Å²) < 4.78 is 0. The van der Waals surface area contributed by atoms with Crippen molar-refractivity contribution in [3.8, 4) is 0 Å². The highest BCUT2D eigenvalue weighted by molar-refractivity contribution is 4.88. The summed E-state index contributed by atoms with van der Waals surface area (Å²) in [6.07, 6.45) is 6.07. The second-order valence-corrected chi connectivity index (χ2v) is 4.84. The van der Waals surface area contributed by atoms with Gasteiger partial charge < -0.3 is 15.3 Å². The Balaban J connectivity index is 1.81. The van der Waals surface area contributed by atoms with E-state index in [-0.39, 0.29) is 0 Å². The Hall–Kier alpha value is -0.120. The summed E-state index contributed by atoms with van der Waals surface area (Å²) >= 11 is 0. The molecule has 0 amide bonds. The summed E-state index contributed by atoms with van der Waals surface area (Å²) in [5.41, 5.74) is -0.449. The quantitative estimate of drug-likeness (QED) is 0.681. The van der Waals surface area contributed by atoms with E-state index in [0.29, 0.717) is 0 Å². The number of likely N-dealkylation sites (tertiary alicyclic amines) is 1. The van der Waals surface area contributed by atoms with E-state index in [9.17, 15) is 5.11 Å². The lowest BCUT2D eigenvalue weighted by Gasteiger charge is -2.38. The van der Waals surface area contributed by atoms with E-state index in [0.717, 1.165) is 32.5 Å². The van der Waals surface area contributed by atoms with Crippen molar-refractivity contribution in [1.29, 1.82) is 0 Å². The molecule has 1 atom stereocenters. The van der Waals surface area contributed by atoms with Gasteiger partial charge in [-0.25, -0.2) is 0 Å². The predicted molar refractivity (Wildman–Crippen MR) is 57.3 cm³/mol. The summed E-state index contributed by atoms with van der Waals surface area (Å²) in [7, 11) is 0. The first-order chi connectivity index (χ1) is 6.79. The Morgan fingerprint density at radius 2 is 1.93 bits per heavy atom. The van der Waals surface area contributed by atoms with E-state index < -0.39 is 5.60 Å². The number of hydrogen-bond donors (Lipinski definition) is 2. The van der Waals surface area contributed by atoms with Crippen molar-refractivity contribution in [3.63, 3.8) is 0 Å². The topological polar surface area (TPSA) is 35.5 Å². The van der Waals surface area contributed by atoms with Crippen molar-refractivity contribution in [2.24, 2.45) is 0 Å². The van der Waals surface area contributed by atoms with Crippen LogP contribution in [0, 0.1) is 0 Å². The van der Waals surface area contributed by atoms with Crippen LogP contribution in [0.3, 0.4) is 0 Å². The molecule has 0 bridgehead atoms. The van der Waals surface area contributed by atoms with Crippen LogP contribution in [0.5, 0.6) is 0 Å². The number of hydrogen-bond acceptors (Lipinski definition) is 3. The zero-order chi connectivity index (χ0) is 9.86. The maximum Gasteiger partial charge on any atom is 0.0898 e. The fourth-order valence-corrected chi connectivity index (χ4v) is 2.62. The fraction of sp³-hybridized carbons (Fsp3) is 1.00. The van der Waals surface area contributed by atoms with Crippen molar-refractivity contribution in [1.82, 2.24) is 10.2 Å². The minimum absolute atomic E-state index is 0.449. The lowest BCUT2D eigenvalue weighted by atomic mass is 9.93. The zero-order valence-electron chi connectivity index (χ0n) is 8.97. The zero-order valence-corrected chi connectivity index (χ0v) is 8.97. The van der Waals surface area contributed by atoms with Crippen LogP contribution in [0.1, 0.15) is 32.1 Å². The minimum atomic E-state index is -0.449. The van der Waals surface area contributed by atoms with E-state index in [2.05, 4.69) is 10.2 Å².